The maximum atomic E-state index is 11.9. The molecule has 16 rings (SSSR count). The Hall–Kier alpha value is -5.28. The van der Waals surface area contributed by atoms with Crippen molar-refractivity contribution in [3.05, 3.63) is 295 Å². The van der Waals surface area contributed by atoms with E-state index in [1.807, 2.05) is 197 Å². The van der Waals surface area contributed by atoms with Crippen LogP contribution in [-0.4, -0.2) is 163 Å². The van der Waals surface area contributed by atoms with Gasteiger partial charge in [-0.2, -0.15) is 14.8 Å². The molecule has 142 heavy (non-hydrogen) atoms. The molecule has 0 bridgehead atoms. The normalized spacial score (nSPS) is 17.2. The molecule has 6 aliphatic heterocycles. The van der Waals surface area contributed by atoms with E-state index in [-0.39, 0.29) is 116 Å². The van der Waals surface area contributed by atoms with E-state index in [4.69, 9.17) is 66.9 Å². The number of unbranched alkanes of at least 4 members (excludes halogenated alkanes) is 1. The van der Waals surface area contributed by atoms with Crippen molar-refractivity contribution in [2.75, 3.05) is 105 Å². The molecule has 4 atom stereocenters. The first-order chi connectivity index (χ1) is 65.5. The van der Waals surface area contributed by atoms with Crippen LogP contribution in [0.1, 0.15) is 300 Å². The van der Waals surface area contributed by atoms with Crippen LogP contribution >= 0.6 is 72.6 Å². The Kier molecular flexibility index (Phi) is 61.8. The Bertz CT molecular complexity index is 5100. The fourth-order valence-corrected chi connectivity index (χ4v) is 22.2. The average molecular weight is 2170 g/mol. The number of carbonyl (C=O) groups excluding carboxylic acids is 2. The maximum Gasteiger partial charge on any atom is 1.00 e. The van der Waals surface area contributed by atoms with Gasteiger partial charge in [-0.3, -0.25) is 13.8 Å². The molecule has 6 saturated heterocycles. The molecule has 6 fully saturated rings. The van der Waals surface area contributed by atoms with Crippen molar-refractivity contribution >= 4 is 111 Å². The molecule has 4 unspecified atom stereocenters. The van der Waals surface area contributed by atoms with Gasteiger partial charge in [0.25, 0.3) is 10.1 Å². The van der Waals surface area contributed by atoms with Gasteiger partial charge in [-0.25, -0.2) is 0 Å². The van der Waals surface area contributed by atoms with Crippen molar-refractivity contribution in [2.24, 2.45) is 0 Å². The number of Topliss-reactive ketones (excluding diaryl/α,β-unsaturated/α-hetero) is 1. The molecule has 10 aromatic rings. The molecule has 788 valence electrons. The van der Waals surface area contributed by atoms with Gasteiger partial charge in [0.05, 0.1) is 90.1 Å². The summed E-state index contributed by atoms with van der Waals surface area (Å²) in [6.07, 6.45) is 12.1. The van der Waals surface area contributed by atoms with E-state index in [2.05, 4.69) is 110 Å². The molecule has 0 spiro atoms. The van der Waals surface area contributed by atoms with Gasteiger partial charge in [-0.05, 0) is 219 Å². The van der Waals surface area contributed by atoms with E-state index in [1.165, 1.54) is 58.8 Å². The molecule has 0 saturated carbocycles. The number of aliphatic hydroxyl groups excluding tert-OH is 1. The summed E-state index contributed by atoms with van der Waals surface area (Å²) in [4.78, 5) is 27.5. The van der Waals surface area contributed by atoms with E-state index in [0.717, 1.165) is 138 Å². The maximum absolute atomic E-state index is 11.9. The number of rotatable bonds is 33. The van der Waals surface area contributed by atoms with Crippen LogP contribution in [0.5, 0.6) is 0 Å². The largest absolute Gasteiger partial charge is 1.00 e. The molecule has 0 radical (unpaired) electrons. The minimum atomic E-state index is -3.49. The molecular formula is C111H166BrLiO21S6Si2. The van der Waals surface area contributed by atoms with E-state index < -0.39 is 43.6 Å². The van der Waals surface area contributed by atoms with Crippen LogP contribution in [0.4, 0.5) is 0 Å². The molecule has 31 heteroatoms. The molecule has 5 aromatic carbocycles. The number of hydrogen-bond donors (Lipinski definition) is 4. The zero-order valence-electron chi connectivity index (χ0n) is 83.6. The van der Waals surface area contributed by atoms with E-state index in [1.54, 1.807) is 29.6 Å². The van der Waals surface area contributed by atoms with Gasteiger partial charge in [0.15, 0.2) is 53.9 Å². The summed E-state index contributed by atoms with van der Waals surface area (Å²) >= 11 is 11.1. The molecule has 5 aromatic heterocycles. The SMILES string of the molecule is Brc1csc(C2OCCO2)c1.C.C.C.C.C.C1CCOC1.CC(C)(C)[Si](C)(C)OCCCC(=O)c1ccccc1.CC(C)(C)[Si](C)(C)OCCCC(O)(c1ccccc1)c1csc(C2OCCO2)c1.CS(=O)(=O)OCCCC(O)(c1ccccc1)c1csc(C2OCCO2)c1.O=Cc1cc(C2(c3ccccc3)CCCO2)cs1.OCCCC(O)(c1ccccc1)c1csc(C2OCCO2)c1.[2H]CC.[CH2-]CCC.[Li+]. The van der Waals surface area contributed by atoms with Crippen molar-refractivity contribution in [3.63, 3.8) is 0 Å². The number of benzene rings is 5. The Balaban J connectivity index is 0.000000569. The van der Waals surface area contributed by atoms with Gasteiger partial charge in [0.1, 0.15) is 22.4 Å². The molecule has 6 aliphatic rings. The van der Waals surface area contributed by atoms with Crippen LogP contribution < -0.4 is 18.9 Å². The first kappa shape index (κ1) is 131. The van der Waals surface area contributed by atoms with Gasteiger partial charge in [-0.15, -0.1) is 56.7 Å². The summed E-state index contributed by atoms with van der Waals surface area (Å²) < 4.78 is 102. The standard InChI is InChI=1S/C23H34O4SSi.C18H22O6S2.C17H20O4S.C16H26O2Si.C15H14O2S.C7H7BrO2S.C4H8O.C4H9.C2H6.5CH4.Li/c1-22(2,3)29(4,5)27-13-9-12-23(24,18-10-7-6-8-11-18)19-16-20(28-17-19)21-25-14-15-26-21;1-26(20,21)24-9-5-8-18(19,14-6-3-2-4-7-14)15-12-16(25-13-15)17-22-10-11-23-17;18-8-4-7-17(19,13-5-2-1-3-6-13)14-11-15(22-12-14)16-20-9-10-21-16;1-16(2,3)19(4,5)18-13-9-12-15(17)14-10-7-6-8-11-14;16-10-14-9-13(11-18-14)15(7-4-8-17-15)12-5-2-1-3-6-12;8-5-3-6(11-4-5)7-9-1-2-10-7;1-2-4-5-3-1;1-3-4-2;1-2;;;;;;/h6-8,10-11,16-17,21,24H,9,12-15H2,1-5H3;2-4,6-7,12-13,17,19H,5,8-11H2,1H3;1-3,5-6,11-12,16,18-19H,4,7-10H2;6-8,10-11H,9,12-13H2,1-5H3;1-3,5-6,9-11H,4,7-8H2;3-4,7H,1-2H2;1-4H2;1,3-4H2,2H3;1-2H3;5*1H4;/q;;;;;;;-1;;;;;;;+1/i;;;;;;;;1D;;;;;;. The number of aldehydes is 1. The summed E-state index contributed by atoms with van der Waals surface area (Å²) in [5, 5.41) is 54.0. The summed E-state index contributed by atoms with van der Waals surface area (Å²) in [5.74, 6) is 0.208. The summed E-state index contributed by atoms with van der Waals surface area (Å²) in [6, 6.07) is 58.4. The summed E-state index contributed by atoms with van der Waals surface area (Å²) in [7, 11) is -6.94. The number of thiophene rings is 5. The first-order valence-corrected chi connectivity index (χ1v) is 59.8. The third-order valence-electron chi connectivity index (χ3n) is 24.2. The van der Waals surface area contributed by atoms with E-state index in [0.29, 0.717) is 111 Å². The van der Waals surface area contributed by atoms with E-state index >= 15 is 0 Å². The number of ketones is 1. The van der Waals surface area contributed by atoms with Crippen molar-refractivity contribution in [1.82, 2.24) is 0 Å². The molecular weight excluding hydrogens is 2000 g/mol. The Labute approximate surface area is 896 Å². The van der Waals surface area contributed by atoms with Crippen LogP contribution in [0, 0.1) is 6.92 Å². The molecule has 11 heterocycles. The van der Waals surface area contributed by atoms with Gasteiger partial charge < -0.3 is 83.6 Å². The van der Waals surface area contributed by atoms with E-state index in [9.17, 15) is 33.3 Å². The third kappa shape index (κ3) is 41.2. The van der Waals surface area contributed by atoms with Crippen LogP contribution in [0.15, 0.2) is 213 Å². The number of aliphatic hydroxyl groups is 4. The topological polar surface area (TPSA) is 269 Å². The van der Waals surface area contributed by atoms with Gasteiger partial charge in [0.2, 0.25) is 0 Å². The second-order valence-electron chi connectivity index (χ2n) is 36.2. The molecule has 21 nitrogen and oxygen atoms in total. The first-order valence-electron chi connectivity index (χ1n) is 47.7. The van der Waals surface area contributed by atoms with Crippen LogP contribution in [0.3, 0.4) is 0 Å². The van der Waals surface area contributed by atoms with Gasteiger partial charge >= 0.3 is 18.9 Å². The van der Waals surface area contributed by atoms with Crippen LogP contribution in [0.25, 0.3) is 0 Å². The van der Waals surface area contributed by atoms with Crippen LogP contribution in [0.2, 0.25) is 36.3 Å². The predicted octanol–water partition coefficient (Wildman–Crippen LogP) is 25.9. The van der Waals surface area contributed by atoms with Crippen molar-refractivity contribution in [1.29, 1.82) is 0 Å². The second kappa shape index (κ2) is 67.0. The summed E-state index contributed by atoms with van der Waals surface area (Å²) in [6.45, 7) is 39.7. The average Bonchev–Trinajstić information content (AvgIpc) is 1.68. The quantitative estimate of drug-likeness (QED) is 0.00743. The fourth-order valence-electron chi connectivity index (χ4n) is 14.5. The predicted molar refractivity (Wildman–Crippen MR) is 591 cm³/mol. The second-order valence-corrected chi connectivity index (χ2v) is 53.1. The Morgan fingerprint density at radius 3 is 1.15 bits per heavy atom. The third-order valence-corrected chi connectivity index (χ3v) is 39.3. The smallest absolute Gasteiger partial charge is 0.417 e. The number of halogens is 1. The minimum Gasteiger partial charge on any atom is -0.417 e. The zero-order chi connectivity index (χ0) is 99.4. The van der Waals surface area contributed by atoms with Crippen molar-refractivity contribution in [2.45, 2.75) is 273 Å². The number of hydrogen-bond acceptors (Lipinski definition) is 26. The molecule has 0 aliphatic carbocycles. The number of ether oxygens (including phenoxy) is 10. The monoisotopic (exact) mass is 2170 g/mol. The Morgan fingerprint density at radius 2 is 0.838 bits per heavy atom. The van der Waals surface area contributed by atoms with Gasteiger partial charge in [-0.1, -0.05) is 258 Å². The number of carbonyl (C=O) groups is 2. The van der Waals surface area contributed by atoms with Crippen LogP contribution in [-0.2, 0) is 92.9 Å². The van der Waals surface area contributed by atoms with Crippen molar-refractivity contribution in [3.8, 4) is 0 Å². The molecule has 4 N–H and O–H groups in total. The van der Waals surface area contributed by atoms with Crippen molar-refractivity contribution < 1.29 is 119 Å². The zero-order valence-corrected chi connectivity index (χ0v) is 91.1. The molecule has 0 amide bonds. The fraction of sp³-hybridized carbons (Fsp3) is 0.523. The minimum absolute atomic E-state index is 0. The Morgan fingerprint density at radius 1 is 0.493 bits per heavy atom. The summed E-state index contributed by atoms with van der Waals surface area (Å²) in [5.41, 5.74) is 4.30. The van der Waals surface area contributed by atoms with Gasteiger partial charge in [0, 0.05) is 62.8 Å².